The summed E-state index contributed by atoms with van der Waals surface area (Å²) in [6.07, 6.45) is 0. The summed E-state index contributed by atoms with van der Waals surface area (Å²) in [4.78, 5) is 0. The quantitative estimate of drug-likeness (QED) is 0.176. The molecule has 0 amide bonds. The van der Waals surface area contributed by atoms with Crippen LogP contribution in [0.3, 0.4) is 0 Å². The lowest BCUT2D eigenvalue weighted by molar-refractivity contribution is 0.633. The third-order valence-electron chi connectivity index (χ3n) is 8.42. The van der Waals surface area contributed by atoms with Crippen LogP contribution in [0.15, 0.2) is 186 Å². The van der Waals surface area contributed by atoms with Crippen LogP contribution in [-0.2, 0) is 0 Å². The minimum absolute atomic E-state index is 0.0215. The Bertz CT molecular complexity index is 3180. The molecule has 47 heavy (non-hydrogen) atoms. The van der Waals surface area contributed by atoms with Crippen LogP contribution in [0.25, 0.3) is 88.3 Å². The summed E-state index contributed by atoms with van der Waals surface area (Å²) in [5.74, 6) is 0.0764. The summed E-state index contributed by atoms with van der Waals surface area (Å²) in [7, 11) is 0. The fraction of sp³-hybridized carbons (Fsp3) is 0. The van der Waals surface area contributed by atoms with E-state index in [0.29, 0.717) is 16.5 Å². The fourth-order valence-electron chi connectivity index (χ4n) is 6.40. The predicted octanol–water partition coefficient (Wildman–Crippen LogP) is 13.1. The zero-order valence-corrected chi connectivity index (χ0v) is 24.7. The molecule has 0 bridgehead atoms. The van der Waals surface area contributed by atoms with E-state index in [9.17, 15) is 5.48 Å². The molecule has 0 radical (unpaired) electrons. The van der Waals surface area contributed by atoms with E-state index >= 15 is 0 Å². The van der Waals surface area contributed by atoms with Crippen LogP contribution in [0.5, 0.6) is 0 Å². The van der Waals surface area contributed by atoms with Crippen molar-refractivity contribution in [1.29, 1.82) is 0 Å². The van der Waals surface area contributed by atoms with Crippen LogP contribution in [0.1, 0.15) is 17.8 Å². The highest BCUT2D eigenvalue weighted by Crippen LogP contribution is 2.51. The molecule has 0 unspecified atom stereocenters. The highest BCUT2D eigenvalue weighted by atomic mass is 16.3. The standard InChI is InChI=1S/C46H30O/c1-4-16-31(17-5-1)34-28-29-42-41(30-34)45(46(47-42)40-27-15-10-22-35(40)32-18-6-2-7-19-32)44-38-25-13-11-23-36(38)43(33-20-8-3-9-21-33)37-24-12-14-26-39(37)44/h1-30H/i2D,6D,7D,11D,12D,13D,14D,18D,19D,23D,24D,25D,26D. The van der Waals surface area contributed by atoms with Crippen molar-refractivity contribution in [2.75, 3.05) is 0 Å². The van der Waals surface area contributed by atoms with E-state index in [-0.39, 0.29) is 60.7 Å². The second-order valence-corrected chi connectivity index (χ2v) is 11.0. The maximum Gasteiger partial charge on any atom is 0.143 e. The van der Waals surface area contributed by atoms with E-state index in [4.69, 9.17) is 16.8 Å². The van der Waals surface area contributed by atoms with Crippen molar-refractivity contribution >= 4 is 32.5 Å². The number of fused-ring (bicyclic) bond motifs is 3. The van der Waals surface area contributed by atoms with E-state index in [1.807, 2.05) is 42.5 Å². The summed E-state index contributed by atoms with van der Waals surface area (Å²) in [6, 6.07) is 23.7. The first kappa shape index (κ1) is 16.9. The minimum Gasteiger partial charge on any atom is -0.455 e. The third-order valence-corrected chi connectivity index (χ3v) is 8.42. The number of hydrogen-bond acceptors (Lipinski definition) is 1. The Morgan fingerprint density at radius 3 is 1.53 bits per heavy atom. The number of hydrogen-bond donors (Lipinski definition) is 0. The van der Waals surface area contributed by atoms with E-state index in [0.717, 1.165) is 11.1 Å². The zero-order valence-electron chi connectivity index (χ0n) is 37.7. The molecule has 8 aromatic carbocycles. The first-order chi connectivity index (χ1) is 28.7. The summed E-state index contributed by atoms with van der Waals surface area (Å²) < 4.78 is 123. The van der Waals surface area contributed by atoms with Crippen molar-refractivity contribution in [2.24, 2.45) is 0 Å². The average molecular weight is 612 g/mol. The van der Waals surface area contributed by atoms with Crippen molar-refractivity contribution in [2.45, 2.75) is 0 Å². The minimum atomic E-state index is -0.566. The van der Waals surface area contributed by atoms with Gasteiger partial charge in [0.15, 0.2) is 0 Å². The summed E-state index contributed by atoms with van der Waals surface area (Å²) >= 11 is 0. The van der Waals surface area contributed by atoms with Gasteiger partial charge < -0.3 is 4.42 Å². The third kappa shape index (κ3) is 4.56. The zero-order chi connectivity index (χ0) is 42.5. The monoisotopic (exact) mass is 611 g/mol. The van der Waals surface area contributed by atoms with Gasteiger partial charge in [-0.2, -0.15) is 0 Å². The number of rotatable bonds is 5. The summed E-state index contributed by atoms with van der Waals surface area (Å²) in [6.45, 7) is 0. The molecular weight excluding hydrogens is 569 g/mol. The molecule has 220 valence electrons. The molecule has 0 aliphatic carbocycles. The van der Waals surface area contributed by atoms with Gasteiger partial charge in [-0.05, 0) is 67.1 Å². The van der Waals surface area contributed by atoms with Crippen LogP contribution in [0.4, 0.5) is 0 Å². The largest absolute Gasteiger partial charge is 0.455 e. The van der Waals surface area contributed by atoms with Gasteiger partial charge in [0, 0.05) is 22.1 Å². The molecule has 1 nitrogen and oxygen atoms in total. The molecule has 0 saturated heterocycles. The molecule has 0 saturated carbocycles. The molecule has 0 N–H and O–H groups in total. The van der Waals surface area contributed by atoms with Crippen molar-refractivity contribution in [3.05, 3.63) is 182 Å². The topological polar surface area (TPSA) is 13.1 Å². The smallest absolute Gasteiger partial charge is 0.143 e. The van der Waals surface area contributed by atoms with Gasteiger partial charge in [-0.15, -0.1) is 0 Å². The predicted molar refractivity (Wildman–Crippen MR) is 198 cm³/mol. The molecule has 1 heteroatoms. The second-order valence-electron chi connectivity index (χ2n) is 11.0. The van der Waals surface area contributed by atoms with Gasteiger partial charge in [0.2, 0.25) is 0 Å². The van der Waals surface area contributed by atoms with Gasteiger partial charge in [0.05, 0.1) is 17.8 Å². The molecule has 1 heterocycles. The average Bonchev–Trinajstić information content (AvgIpc) is 3.65. The molecule has 9 rings (SSSR count). The number of furan rings is 1. The molecule has 0 aliphatic rings. The lowest BCUT2D eigenvalue weighted by Crippen LogP contribution is -1.92. The molecule has 9 aromatic rings. The van der Waals surface area contributed by atoms with Crippen molar-refractivity contribution in [1.82, 2.24) is 0 Å². The molecule has 0 fully saturated rings. The second kappa shape index (κ2) is 11.3. The molecule has 0 atom stereocenters. The maximum absolute atomic E-state index is 9.56. The Hall–Kier alpha value is -6.18. The van der Waals surface area contributed by atoms with E-state index in [1.54, 1.807) is 60.7 Å². The van der Waals surface area contributed by atoms with Gasteiger partial charge in [0.25, 0.3) is 0 Å². The van der Waals surface area contributed by atoms with Crippen LogP contribution in [-0.4, -0.2) is 0 Å². The lowest BCUT2D eigenvalue weighted by Gasteiger charge is -2.18. The van der Waals surface area contributed by atoms with Crippen LogP contribution >= 0.6 is 0 Å². The van der Waals surface area contributed by atoms with E-state index in [2.05, 4.69) is 0 Å². The summed E-state index contributed by atoms with van der Waals surface area (Å²) in [5.41, 5.74) is 3.18. The lowest BCUT2D eigenvalue weighted by atomic mass is 9.84. The Morgan fingerprint density at radius 2 is 0.894 bits per heavy atom. The Kier molecular flexibility index (Phi) is 4.08. The maximum atomic E-state index is 9.56. The van der Waals surface area contributed by atoms with Gasteiger partial charge in [-0.25, -0.2) is 0 Å². The highest BCUT2D eigenvalue weighted by Gasteiger charge is 2.25. The van der Waals surface area contributed by atoms with Gasteiger partial charge in [-0.3, -0.25) is 0 Å². The van der Waals surface area contributed by atoms with Gasteiger partial charge in [-0.1, -0.05) is 170 Å². The van der Waals surface area contributed by atoms with Crippen molar-refractivity contribution < 1.29 is 22.2 Å². The molecule has 1 aromatic heterocycles. The van der Waals surface area contributed by atoms with Gasteiger partial charge in [0.1, 0.15) is 11.3 Å². The fourth-order valence-corrected chi connectivity index (χ4v) is 6.40. The normalized spacial score (nSPS) is 15.3. The Balaban J connectivity index is 1.58. The Labute approximate surface area is 292 Å². The van der Waals surface area contributed by atoms with E-state index < -0.39 is 78.6 Å². The first-order valence-electron chi connectivity index (χ1n) is 21.5. The SMILES string of the molecule is [2H]c1c([2H])c([2H])c(-c2ccccc2-c2oc3ccc(-c4ccccc4)cc3c2-c2c3c([2H])c([2H])c([2H])c([2H])c3c(-c3ccccc3)c3c([2H])c([2H])c([2H])c([2H])c23)c([2H])c1[2H]. The number of benzene rings is 8. The van der Waals surface area contributed by atoms with Crippen LogP contribution < -0.4 is 0 Å². The van der Waals surface area contributed by atoms with Crippen molar-refractivity contribution in [3.8, 4) is 55.8 Å². The van der Waals surface area contributed by atoms with Crippen molar-refractivity contribution in [3.63, 3.8) is 0 Å². The Morgan fingerprint density at radius 1 is 0.362 bits per heavy atom. The highest BCUT2D eigenvalue weighted by molar-refractivity contribution is 6.25. The van der Waals surface area contributed by atoms with Crippen LogP contribution in [0.2, 0.25) is 0 Å². The molecule has 0 aliphatic heterocycles. The van der Waals surface area contributed by atoms with Gasteiger partial charge >= 0.3 is 0 Å². The van der Waals surface area contributed by atoms with Crippen LogP contribution in [0, 0.1) is 0 Å². The van der Waals surface area contributed by atoms with E-state index in [1.165, 1.54) is 0 Å². The summed E-state index contributed by atoms with van der Waals surface area (Å²) in [5, 5.41) is 0.437. The first-order valence-corrected chi connectivity index (χ1v) is 15.0. The molecule has 0 spiro atoms. The molecular formula is C46H30O.